The van der Waals surface area contributed by atoms with Crippen LogP contribution in [0.3, 0.4) is 0 Å². The minimum absolute atomic E-state index is 0.101. The second kappa shape index (κ2) is 5.99. The van der Waals surface area contributed by atoms with Crippen molar-refractivity contribution in [2.45, 2.75) is 39.0 Å². The molecule has 1 saturated carbocycles. The van der Waals surface area contributed by atoms with Crippen LogP contribution in [0, 0.1) is 5.41 Å². The Labute approximate surface area is 113 Å². The van der Waals surface area contributed by atoms with Crippen LogP contribution in [0.1, 0.15) is 49.6 Å². The Balaban J connectivity index is 2.01. The molecular formula is C14H21N3O2. The summed E-state index contributed by atoms with van der Waals surface area (Å²) in [4.78, 5) is 19.4. The SMILES string of the molecule is CCC1(CNc2ccnc(C(=O)OC)n2)CCCC1. The normalized spacial score (nSPS) is 17.2. The highest BCUT2D eigenvalue weighted by Gasteiger charge is 2.31. The zero-order chi connectivity index (χ0) is 13.7. The molecule has 1 aliphatic rings. The number of nitrogens with one attached hydrogen (secondary N) is 1. The molecule has 1 heterocycles. The van der Waals surface area contributed by atoms with Gasteiger partial charge in [-0.2, -0.15) is 0 Å². The van der Waals surface area contributed by atoms with E-state index in [1.165, 1.54) is 39.2 Å². The first-order chi connectivity index (χ1) is 9.19. The van der Waals surface area contributed by atoms with E-state index >= 15 is 0 Å². The van der Waals surface area contributed by atoms with Crippen LogP contribution in [0.2, 0.25) is 0 Å². The summed E-state index contributed by atoms with van der Waals surface area (Å²) in [5.41, 5.74) is 0.385. The molecule has 0 spiro atoms. The van der Waals surface area contributed by atoms with Gasteiger partial charge in [-0.1, -0.05) is 19.8 Å². The Hall–Kier alpha value is -1.65. The van der Waals surface area contributed by atoms with Crippen LogP contribution in [0.5, 0.6) is 0 Å². The van der Waals surface area contributed by atoms with Crippen molar-refractivity contribution >= 4 is 11.8 Å². The maximum Gasteiger partial charge on any atom is 0.376 e. The second-order valence-electron chi connectivity index (χ2n) is 5.17. The maximum absolute atomic E-state index is 11.4. The number of hydrogen-bond donors (Lipinski definition) is 1. The van der Waals surface area contributed by atoms with Gasteiger partial charge in [-0.3, -0.25) is 0 Å². The lowest BCUT2D eigenvalue weighted by molar-refractivity contribution is 0.0587. The van der Waals surface area contributed by atoms with E-state index in [1.807, 2.05) is 0 Å². The maximum atomic E-state index is 11.4. The number of nitrogens with zero attached hydrogens (tertiary/aromatic N) is 2. The van der Waals surface area contributed by atoms with E-state index in [4.69, 9.17) is 0 Å². The molecule has 0 unspecified atom stereocenters. The van der Waals surface area contributed by atoms with E-state index in [0.717, 1.165) is 6.54 Å². The summed E-state index contributed by atoms with van der Waals surface area (Å²) < 4.78 is 4.62. The fraction of sp³-hybridized carbons (Fsp3) is 0.643. The minimum atomic E-state index is -0.505. The minimum Gasteiger partial charge on any atom is -0.463 e. The van der Waals surface area contributed by atoms with Gasteiger partial charge in [0.05, 0.1) is 7.11 Å². The molecule has 5 heteroatoms. The van der Waals surface area contributed by atoms with Crippen molar-refractivity contribution in [3.05, 3.63) is 18.1 Å². The Kier molecular flexibility index (Phi) is 4.35. The van der Waals surface area contributed by atoms with E-state index < -0.39 is 5.97 Å². The molecule has 0 radical (unpaired) electrons. The number of ether oxygens (including phenoxy) is 1. The third-order valence-corrected chi connectivity index (χ3v) is 4.08. The van der Waals surface area contributed by atoms with Crippen molar-refractivity contribution in [2.24, 2.45) is 5.41 Å². The summed E-state index contributed by atoms with van der Waals surface area (Å²) in [7, 11) is 1.33. The predicted molar refractivity (Wildman–Crippen MR) is 73.1 cm³/mol. The van der Waals surface area contributed by atoms with Gasteiger partial charge in [-0.15, -0.1) is 0 Å². The molecule has 104 valence electrons. The fourth-order valence-corrected chi connectivity index (χ4v) is 2.71. The van der Waals surface area contributed by atoms with Crippen LogP contribution in [-0.2, 0) is 4.74 Å². The molecule has 0 atom stereocenters. The smallest absolute Gasteiger partial charge is 0.376 e. The molecule has 1 fully saturated rings. The topological polar surface area (TPSA) is 64.1 Å². The third kappa shape index (κ3) is 3.22. The lowest BCUT2D eigenvalue weighted by Gasteiger charge is -2.27. The van der Waals surface area contributed by atoms with Crippen molar-refractivity contribution in [3.8, 4) is 0 Å². The van der Waals surface area contributed by atoms with Gasteiger partial charge < -0.3 is 10.1 Å². The number of esters is 1. The summed E-state index contributed by atoms with van der Waals surface area (Å²) in [6.45, 7) is 3.15. The predicted octanol–water partition coefficient (Wildman–Crippen LogP) is 2.65. The van der Waals surface area contributed by atoms with Gasteiger partial charge in [0.15, 0.2) is 0 Å². The van der Waals surface area contributed by atoms with Gasteiger partial charge >= 0.3 is 5.97 Å². The van der Waals surface area contributed by atoms with Crippen molar-refractivity contribution in [1.29, 1.82) is 0 Å². The van der Waals surface area contributed by atoms with Gasteiger partial charge in [0, 0.05) is 12.7 Å². The number of rotatable bonds is 5. The first kappa shape index (κ1) is 13.8. The van der Waals surface area contributed by atoms with Gasteiger partial charge in [0.1, 0.15) is 5.82 Å². The highest BCUT2D eigenvalue weighted by atomic mass is 16.5. The van der Waals surface area contributed by atoms with Gasteiger partial charge in [-0.05, 0) is 30.7 Å². The van der Waals surface area contributed by atoms with Gasteiger partial charge in [-0.25, -0.2) is 14.8 Å². The molecule has 1 aliphatic carbocycles. The summed E-state index contributed by atoms with van der Waals surface area (Å²) in [6, 6.07) is 1.78. The van der Waals surface area contributed by atoms with Crippen LogP contribution in [0.15, 0.2) is 12.3 Å². The monoisotopic (exact) mass is 263 g/mol. The quantitative estimate of drug-likeness (QED) is 0.827. The van der Waals surface area contributed by atoms with Crippen LogP contribution in [-0.4, -0.2) is 29.6 Å². The van der Waals surface area contributed by atoms with Crippen LogP contribution < -0.4 is 5.32 Å². The van der Waals surface area contributed by atoms with Crippen LogP contribution in [0.25, 0.3) is 0 Å². The van der Waals surface area contributed by atoms with E-state index in [9.17, 15) is 4.79 Å². The first-order valence-electron chi connectivity index (χ1n) is 6.84. The molecule has 0 aliphatic heterocycles. The molecule has 1 N–H and O–H groups in total. The average Bonchev–Trinajstić information content (AvgIpc) is 2.94. The molecule has 1 aromatic heterocycles. The largest absolute Gasteiger partial charge is 0.463 e. The summed E-state index contributed by atoms with van der Waals surface area (Å²) in [5.74, 6) is 0.286. The molecule has 2 rings (SSSR count). The molecule has 0 aromatic carbocycles. The molecule has 0 amide bonds. The summed E-state index contributed by atoms with van der Waals surface area (Å²) in [5, 5.41) is 3.34. The standard InChI is InChI=1S/C14H21N3O2/c1-3-14(7-4-5-8-14)10-16-11-6-9-15-12(17-11)13(18)19-2/h6,9H,3-5,7-8,10H2,1-2H3,(H,15,16,17). The van der Waals surface area contributed by atoms with Gasteiger partial charge in [0.25, 0.3) is 0 Å². The number of aromatic nitrogens is 2. The second-order valence-corrected chi connectivity index (χ2v) is 5.17. The van der Waals surface area contributed by atoms with Crippen molar-refractivity contribution < 1.29 is 9.53 Å². The fourth-order valence-electron chi connectivity index (χ4n) is 2.71. The zero-order valence-electron chi connectivity index (χ0n) is 11.6. The van der Waals surface area contributed by atoms with Crippen LogP contribution in [0.4, 0.5) is 5.82 Å². The van der Waals surface area contributed by atoms with Crippen molar-refractivity contribution in [1.82, 2.24) is 9.97 Å². The number of carbonyl (C=O) groups excluding carboxylic acids is 1. The molecular weight excluding hydrogens is 242 g/mol. The Morgan fingerprint density at radius 3 is 2.84 bits per heavy atom. The molecule has 5 nitrogen and oxygen atoms in total. The van der Waals surface area contributed by atoms with Crippen molar-refractivity contribution in [3.63, 3.8) is 0 Å². The summed E-state index contributed by atoms with van der Waals surface area (Å²) >= 11 is 0. The van der Waals surface area contributed by atoms with E-state index in [1.54, 1.807) is 12.3 Å². The van der Waals surface area contributed by atoms with Gasteiger partial charge in [0.2, 0.25) is 5.82 Å². The highest BCUT2D eigenvalue weighted by Crippen LogP contribution is 2.40. The van der Waals surface area contributed by atoms with Crippen LogP contribution >= 0.6 is 0 Å². The Morgan fingerprint density at radius 1 is 1.47 bits per heavy atom. The molecule has 19 heavy (non-hydrogen) atoms. The molecule has 1 aromatic rings. The Morgan fingerprint density at radius 2 is 2.21 bits per heavy atom. The van der Waals surface area contributed by atoms with E-state index in [0.29, 0.717) is 11.2 Å². The lowest BCUT2D eigenvalue weighted by atomic mass is 9.83. The van der Waals surface area contributed by atoms with E-state index in [-0.39, 0.29) is 5.82 Å². The number of methoxy groups -OCH3 is 1. The first-order valence-corrected chi connectivity index (χ1v) is 6.84. The molecule has 0 bridgehead atoms. The number of hydrogen-bond acceptors (Lipinski definition) is 5. The van der Waals surface area contributed by atoms with E-state index in [2.05, 4.69) is 26.9 Å². The number of anilines is 1. The third-order valence-electron chi connectivity index (χ3n) is 4.08. The zero-order valence-corrected chi connectivity index (χ0v) is 11.6. The molecule has 0 saturated heterocycles. The average molecular weight is 263 g/mol. The Bertz CT molecular complexity index is 442. The lowest BCUT2D eigenvalue weighted by Crippen LogP contribution is -2.26. The highest BCUT2D eigenvalue weighted by molar-refractivity contribution is 5.85. The number of carbonyl (C=O) groups is 1. The summed E-state index contributed by atoms with van der Waals surface area (Å²) in [6.07, 6.45) is 7.92. The van der Waals surface area contributed by atoms with Crippen molar-refractivity contribution in [2.75, 3.05) is 19.0 Å².